The molecule has 0 aliphatic carbocycles. The van der Waals surface area contributed by atoms with Crippen LogP contribution in [0.25, 0.3) is 0 Å². The summed E-state index contributed by atoms with van der Waals surface area (Å²) in [5.41, 5.74) is 0. The van der Waals surface area contributed by atoms with E-state index in [0.29, 0.717) is 0 Å². The van der Waals surface area contributed by atoms with E-state index in [0.717, 1.165) is 19.6 Å². The molecule has 1 aliphatic heterocycles. The largest absolute Gasteiger partial charge is 0.377 e. The summed E-state index contributed by atoms with van der Waals surface area (Å²) in [4.78, 5) is 13.1. The van der Waals surface area contributed by atoms with Gasteiger partial charge in [-0.3, -0.25) is 4.79 Å². The fraction of sp³-hybridized carbons (Fsp3) is 0.889. The van der Waals surface area contributed by atoms with E-state index in [-0.39, 0.29) is 18.1 Å². The maximum Gasteiger partial charge on any atom is 0.239 e. The van der Waals surface area contributed by atoms with Crippen molar-refractivity contribution in [3.05, 3.63) is 0 Å². The first-order valence-corrected chi connectivity index (χ1v) is 4.71. The van der Waals surface area contributed by atoms with Gasteiger partial charge in [0.25, 0.3) is 0 Å². The van der Waals surface area contributed by atoms with Crippen molar-refractivity contribution in [2.45, 2.75) is 25.5 Å². The summed E-state index contributed by atoms with van der Waals surface area (Å²) in [6.45, 7) is 3.48. The number of rotatable bonds is 3. The Kier molecular flexibility index (Phi) is 3.69. The van der Waals surface area contributed by atoms with Crippen molar-refractivity contribution in [2.24, 2.45) is 0 Å². The quantitative estimate of drug-likeness (QED) is 0.666. The van der Waals surface area contributed by atoms with Gasteiger partial charge in [0, 0.05) is 27.2 Å². The molecule has 0 unspecified atom stereocenters. The van der Waals surface area contributed by atoms with E-state index in [9.17, 15) is 4.79 Å². The molecule has 76 valence electrons. The Balaban J connectivity index is 2.36. The van der Waals surface area contributed by atoms with Crippen LogP contribution in [0.5, 0.6) is 0 Å². The van der Waals surface area contributed by atoms with E-state index in [2.05, 4.69) is 5.32 Å². The Bertz CT molecular complexity index is 182. The van der Waals surface area contributed by atoms with Gasteiger partial charge in [-0.15, -0.1) is 0 Å². The lowest BCUT2D eigenvalue weighted by atomic mass is 10.2. The Morgan fingerprint density at radius 2 is 2.31 bits per heavy atom. The lowest BCUT2D eigenvalue weighted by molar-refractivity contribution is -0.130. The lowest BCUT2D eigenvalue weighted by Gasteiger charge is -2.15. The van der Waals surface area contributed by atoms with Gasteiger partial charge in [-0.2, -0.15) is 0 Å². The predicted molar refractivity (Wildman–Crippen MR) is 50.5 cm³/mol. The number of ether oxygens (including phenoxy) is 1. The number of nitrogens with zero attached hydrogens (tertiary/aromatic N) is 1. The summed E-state index contributed by atoms with van der Waals surface area (Å²) >= 11 is 0. The number of nitrogens with one attached hydrogen (secondary N) is 1. The first-order chi connectivity index (χ1) is 6.15. The molecule has 1 fully saturated rings. The molecule has 0 bridgehead atoms. The van der Waals surface area contributed by atoms with Crippen LogP contribution in [-0.2, 0) is 9.53 Å². The van der Waals surface area contributed by atoms with E-state index >= 15 is 0 Å². The van der Waals surface area contributed by atoms with E-state index in [4.69, 9.17) is 4.74 Å². The molecule has 1 saturated heterocycles. The summed E-state index contributed by atoms with van der Waals surface area (Å²) < 4.78 is 5.43. The molecule has 1 N–H and O–H groups in total. The maximum absolute atomic E-state index is 11.5. The van der Waals surface area contributed by atoms with Gasteiger partial charge in [0.05, 0.1) is 12.1 Å². The molecule has 1 heterocycles. The molecule has 1 rings (SSSR count). The average molecular weight is 186 g/mol. The van der Waals surface area contributed by atoms with Crippen LogP contribution in [0.2, 0.25) is 0 Å². The Morgan fingerprint density at radius 3 is 2.85 bits per heavy atom. The molecule has 0 aromatic rings. The van der Waals surface area contributed by atoms with Crippen molar-refractivity contribution in [3.8, 4) is 0 Å². The molecular formula is C9H18N2O2. The van der Waals surface area contributed by atoms with Gasteiger partial charge in [-0.05, 0) is 13.3 Å². The van der Waals surface area contributed by atoms with Crippen LogP contribution in [0.15, 0.2) is 0 Å². The summed E-state index contributed by atoms with van der Waals surface area (Å²) in [7, 11) is 3.55. The molecule has 2 atom stereocenters. The van der Waals surface area contributed by atoms with Crippen LogP contribution in [0.3, 0.4) is 0 Å². The van der Waals surface area contributed by atoms with E-state index in [1.165, 1.54) is 0 Å². The molecule has 0 saturated carbocycles. The maximum atomic E-state index is 11.5. The molecule has 0 spiro atoms. The zero-order valence-corrected chi connectivity index (χ0v) is 8.54. The minimum atomic E-state index is -0.0495. The van der Waals surface area contributed by atoms with Crippen LogP contribution < -0.4 is 5.32 Å². The third kappa shape index (κ3) is 2.67. The van der Waals surface area contributed by atoms with Gasteiger partial charge in [0.1, 0.15) is 0 Å². The SMILES string of the molecule is CCO[C@H]1CN[C@H](C(=O)N(C)C)C1. The standard InChI is InChI=1S/C9H18N2O2/c1-4-13-7-5-8(10-6-7)9(12)11(2)3/h7-8,10H,4-6H2,1-3H3/t7-,8+/m1/s1. The molecule has 0 aromatic carbocycles. The number of likely N-dealkylation sites (N-methyl/N-ethyl adjacent to an activating group) is 1. The molecule has 13 heavy (non-hydrogen) atoms. The average Bonchev–Trinajstić information content (AvgIpc) is 2.52. The van der Waals surface area contributed by atoms with E-state index in [1.54, 1.807) is 19.0 Å². The molecule has 1 amide bonds. The van der Waals surface area contributed by atoms with Gasteiger partial charge in [0.2, 0.25) is 5.91 Å². The Morgan fingerprint density at radius 1 is 1.62 bits per heavy atom. The number of hydrogen-bond donors (Lipinski definition) is 1. The zero-order chi connectivity index (χ0) is 9.84. The van der Waals surface area contributed by atoms with Crippen LogP contribution in [-0.4, -0.2) is 50.2 Å². The minimum absolute atomic E-state index is 0.0495. The van der Waals surface area contributed by atoms with Crippen molar-refractivity contribution in [1.29, 1.82) is 0 Å². The van der Waals surface area contributed by atoms with Crippen LogP contribution in [0.4, 0.5) is 0 Å². The smallest absolute Gasteiger partial charge is 0.239 e. The van der Waals surface area contributed by atoms with E-state index < -0.39 is 0 Å². The number of hydrogen-bond acceptors (Lipinski definition) is 3. The van der Waals surface area contributed by atoms with Gasteiger partial charge in [-0.25, -0.2) is 0 Å². The van der Waals surface area contributed by atoms with Gasteiger partial charge in [0.15, 0.2) is 0 Å². The van der Waals surface area contributed by atoms with E-state index in [1.807, 2.05) is 6.92 Å². The highest BCUT2D eigenvalue weighted by molar-refractivity contribution is 5.81. The zero-order valence-electron chi connectivity index (χ0n) is 8.54. The summed E-state index contributed by atoms with van der Waals surface area (Å²) in [5, 5.41) is 3.16. The van der Waals surface area contributed by atoms with Crippen molar-refractivity contribution < 1.29 is 9.53 Å². The lowest BCUT2D eigenvalue weighted by Crippen LogP contribution is -2.39. The van der Waals surface area contributed by atoms with Crippen molar-refractivity contribution in [2.75, 3.05) is 27.2 Å². The third-order valence-corrected chi connectivity index (χ3v) is 2.23. The first kappa shape index (κ1) is 10.5. The normalized spacial score (nSPS) is 27.6. The van der Waals surface area contributed by atoms with Crippen molar-refractivity contribution in [3.63, 3.8) is 0 Å². The summed E-state index contributed by atoms with van der Waals surface area (Å²) in [6, 6.07) is -0.0495. The second kappa shape index (κ2) is 4.58. The Labute approximate surface area is 79.2 Å². The van der Waals surface area contributed by atoms with Gasteiger partial charge in [-0.1, -0.05) is 0 Å². The molecule has 4 heteroatoms. The highest BCUT2D eigenvalue weighted by Crippen LogP contribution is 2.11. The highest BCUT2D eigenvalue weighted by atomic mass is 16.5. The second-order valence-corrected chi connectivity index (χ2v) is 3.51. The second-order valence-electron chi connectivity index (χ2n) is 3.51. The number of amides is 1. The monoisotopic (exact) mass is 186 g/mol. The van der Waals surface area contributed by atoms with Gasteiger partial charge < -0.3 is 15.0 Å². The van der Waals surface area contributed by atoms with Crippen molar-refractivity contribution >= 4 is 5.91 Å². The number of carbonyl (C=O) groups is 1. The summed E-state index contributed by atoms with van der Waals surface area (Å²) in [5.74, 6) is 0.141. The third-order valence-electron chi connectivity index (χ3n) is 2.23. The fourth-order valence-corrected chi connectivity index (χ4v) is 1.57. The molecule has 0 radical (unpaired) electrons. The van der Waals surface area contributed by atoms with Crippen LogP contribution >= 0.6 is 0 Å². The summed E-state index contributed by atoms with van der Waals surface area (Å²) in [6.07, 6.45) is 1.00. The highest BCUT2D eigenvalue weighted by Gasteiger charge is 2.30. The topological polar surface area (TPSA) is 41.6 Å². The molecular weight excluding hydrogens is 168 g/mol. The fourth-order valence-electron chi connectivity index (χ4n) is 1.57. The van der Waals surface area contributed by atoms with Crippen molar-refractivity contribution in [1.82, 2.24) is 10.2 Å². The molecule has 4 nitrogen and oxygen atoms in total. The van der Waals surface area contributed by atoms with Gasteiger partial charge >= 0.3 is 0 Å². The number of carbonyl (C=O) groups excluding carboxylic acids is 1. The Hall–Kier alpha value is -0.610. The van der Waals surface area contributed by atoms with Crippen LogP contribution in [0.1, 0.15) is 13.3 Å². The predicted octanol–water partition coefficient (Wildman–Crippen LogP) is -0.158. The molecule has 1 aliphatic rings. The first-order valence-electron chi connectivity index (χ1n) is 4.71. The van der Waals surface area contributed by atoms with Crippen LogP contribution in [0, 0.1) is 0 Å². The molecule has 0 aromatic heterocycles. The minimum Gasteiger partial charge on any atom is -0.377 e.